The second-order valence-electron chi connectivity index (χ2n) is 9.14. The van der Waals surface area contributed by atoms with E-state index >= 15 is 0 Å². The minimum atomic E-state index is -0.946. The molecule has 1 spiro atoms. The Kier molecular flexibility index (Phi) is 6.97. The number of hydrogen-bond acceptors (Lipinski definition) is 4. The molecule has 2 aromatic carbocycles. The molecule has 1 N–H and O–H groups in total. The van der Waals surface area contributed by atoms with Crippen LogP contribution < -0.4 is 5.32 Å². The fourth-order valence-corrected chi connectivity index (χ4v) is 4.64. The molecule has 3 amide bonds. The summed E-state index contributed by atoms with van der Waals surface area (Å²) in [7, 11) is 0. The molecule has 2 heterocycles. The summed E-state index contributed by atoms with van der Waals surface area (Å²) in [6.45, 7) is 4.94. The van der Waals surface area contributed by atoms with E-state index in [4.69, 9.17) is 4.74 Å². The average molecular weight is 468 g/mol. The third-order valence-electron chi connectivity index (χ3n) is 6.53. The van der Waals surface area contributed by atoms with E-state index in [-0.39, 0.29) is 42.6 Å². The van der Waals surface area contributed by atoms with E-state index in [1.807, 2.05) is 19.9 Å². The maximum atomic E-state index is 13.6. The standard InChI is InChI=1S/C26H30FN3O4/c1-18(2)24(32)29-14-12-26(13-15-29)30(25(33)20-6-4-3-5-7-20)22(17-34-26)23(31)28-16-19-8-10-21(27)11-9-19/h3-11,18,22H,12-17H2,1-2H3,(H,28,31). The Morgan fingerprint density at radius 3 is 2.32 bits per heavy atom. The van der Waals surface area contributed by atoms with E-state index in [1.54, 1.807) is 46.2 Å². The van der Waals surface area contributed by atoms with Gasteiger partial charge in [0.1, 0.15) is 17.6 Å². The summed E-state index contributed by atoms with van der Waals surface area (Å²) in [5.74, 6) is -0.981. The van der Waals surface area contributed by atoms with Crippen LogP contribution in [0.3, 0.4) is 0 Å². The molecule has 2 aliphatic rings. The number of carbonyl (C=O) groups is 3. The molecule has 4 rings (SSSR count). The SMILES string of the molecule is CC(C)C(=O)N1CCC2(CC1)OCC(C(=O)NCc1ccc(F)cc1)N2C(=O)c1ccccc1. The molecule has 180 valence electrons. The number of likely N-dealkylation sites (tertiary alicyclic amines) is 1. The zero-order valence-corrected chi connectivity index (χ0v) is 19.5. The second kappa shape index (κ2) is 9.93. The van der Waals surface area contributed by atoms with E-state index in [0.29, 0.717) is 31.5 Å². The quantitative estimate of drug-likeness (QED) is 0.734. The molecule has 1 unspecified atom stereocenters. The van der Waals surface area contributed by atoms with Crippen LogP contribution in [0.2, 0.25) is 0 Å². The van der Waals surface area contributed by atoms with Gasteiger partial charge in [-0.15, -0.1) is 0 Å². The van der Waals surface area contributed by atoms with Crippen LogP contribution in [0.4, 0.5) is 4.39 Å². The first-order valence-corrected chi connectivity index (χ1v) is 11.6. The number of rotatable bonds is 5. The number of piperidine rings is 1. The molecular formula is C26H30FN3O4. The van der Waals surface area contributed by atoms with Gasteiger partial charge in [0.25, 0.3) is 5.91 Å². The number of hydrogen-bond donors (Lipinski definition) is 1. The molecule has 7 nitrogen and oxygen atoms in total. The van der Waals surface area contributed by atoms with Crippen molar-refractivity contribution in [3.63, 3.8) is 0 Å². The lowest BCUT2D eigenvalue weighted by atomic mass is 9.95. The Morgan fingerprint density at radius 1 is 1.06 bits per heavy atom. The third-order valence-corrected chi connectivity index (χ3v) is 6.53. The van der Waals surface area contributed by atoms with E-state index < -0.39 is 11.8 Å². The van der Waals surface area contributed by atoms with Gasteiger partial charge < -0.3 is 15.0 Å². The molecule has 2 aromatic rings. The Bertz CT molecular complexity index is 1030. The van der Waals surface area contributed by atoms with Crippen LogP contribution in [0.5, 0.6) is 0 Å². The molecule has 34 heavy (non-hydrogen) atoms. The lowest BCUT2D eigenvalue weighted by Crippen LogP contribution is -2.60. The van der Waals surface area contributed by atoms with Crippen molar-refractivity contribution in [2.75, 3.05) is 19.7 Å². The van der Waals surface area contributed by atoms with Gasteiger partial charge in [-0.1, -0.05) is 44.2 Å². The summed E-state index contributed by atoms with van der Waals surface area (Å²) >= 11 is 0. The van der Waals surface area contributed by atoms with Crippen molar-refractivity contribution >= 4 is 17.7 Å². The van der Waals surface area contributed by atoms with Crippen LogP contribution in [0, 0.1) is 11.7 Å². The molecule has 2 saturated heterocycles. The predicted octanol–water partition coefficient (Wildman–Crippen LogP) is 2.96. The van der Waals surface area contributed by atoms with Gasteiger partial charge in [0.2, 0.25) is 11.8 Å². The lowest BCUT2D eigenvalue weighted by Gasteiger charge is -2.44. The fraction of sp³-hybridized carbons (Fsp3) is 0.423. The van der Waals surface area contributed by atoms with Crippen LogP contribution in [0.1, 0.15) is 42.6 Å². The molecule has 0 radical (unpaired) electrons. The minimum Gasteiger partial charge on any atom is -0.353 e. The van der Waals surface area contributed by atoms with Crippen LogP contribution >= 0.6 is 0 Å². The number of halogens is 1. The molecule has 2 fully saturated rings. The molecule has 8 heteroatoms. The number of carbonyl (C=O) groups excluding carboxylic acids is 3. The van der Waals surface area contributed by atoms with E-state index in [0.717, 1.165) is 5.56 Å². The highest BCUT2D eigenvalue weighted by Crippen LogP contribution is 2.38. The highest BCUT2D eigenvalue weighted by atomic mass is 19.1. The van der Waals surface area contributed by atoms with Gasteiger partial charge >= 0.3 is 0 Å². The van der Waals surface area contributed by atoms with Crippen LogP contribution in [0.15, 0.2) is 54.6 Å². The summed E-state index contributed by atoms with van der Waals surface area (Å²) in [5, 5.41) is 2.86. The van der Waals surface area contributed by atoms with E-state index in [9.17, 15) is 18.8 Å². The lowest BCUT2D eigenvalue weighted by molar-refractivity contribution is -0.146. The number of nitrogens with zero attached hydrogens (tertiary/aromatic N) is 2. The van der Waals surface area contributed by atoms with Crippen molar-refractivity contribution in [2.45, 2.75) is 45.0 Å². The summed E-state index contributed by atoms with van der Waals surface area (Å²) in [5.41, 5.74) is 0.285. The highest BCUT2D eigenvalue weighted by molar-refractivity contribution is 5.98. The number of ether oxygens (including phenoxy) is 1. The molecule has 0 aromatic heterocycles. The van der Waals surface area contributed by atoms with Crippen molar-refractivity contribution < 1.29 is 23.5 Å². The maximum absolute atomic E-state index is 13.6. The van der Waals surface area contributed by atoms with Crippen molar-refractivity contribution in [1.82, 2.24) is 15.1 Å². The van der Waals surface area contributed by atoms with E-state index in [2.05, 4.69) is 5.32 Å². The van der Waals surface area contributed by atoms with Crippen LogP contribution in [0.25, 0.3) is 0 Å². The Morgan fingerprint density at radius 2 is 1.71 bits per heavy atom. The van der Waals surface area contributed by atoms with Gasteiger partial charge in [0.05, 0.1) is 6.61 Å². The fourth-order valence-electron chi connectivity index (χ4n) is 4.64. The largest absolute Gasteiger partial charge is 0.353 e. The second-order valence-corrected chi connectivity index (χ2v) is 9.14. The summed E-state index contributed by atoms with van der Waals surface area (Å²) < 4.78 is 19.4. The zero-order chi connectivity index (χ0) is 24.3. The monoisotopic (exact) mass is 467 g/mol. The predicted molar refractivity (Wildman–Crippen MR) is 124 cm³/mol. The number of benzene rings is 2. The van der Waals surface area contributed by atoms with Gasteiger partial charge in [-0.05, 0) is 29.8 Å². The van der Waals surface area contributed by atoms with Gasteiger partial charge in [0, 0.05) is 44.0 Å². The average Bonchev–Trinajstić information content (AvgIpc) is 3.22. The topological polar surface area (TPSA) is 79.0 Å². The van der Waals surface area contributed by atoms with Crippen LogP contribution in [-0.2, 0) is 20.9 Å². The molecule has 1 atom stereocenters. The van der Waals surface area contributed by atoms with Crippen molar-refractivity contribution in [1.29, 1.82) is 0 Å². The Hall–Kier alpha value is -3.26. The van der Waals surface area contributed by atoms with Gasteiger partial charge in [-0.2, -0.15) is 0 Å². The van der Waals surface area contributed by atoms with Crippen molar-refractivity contribution in [3.8, 4) is 0 Å². The Labute approximate surface area is 198 Å². The first-order chi connectivity index (χ1) is 16.3. The summed E-state index contributed by atoms with van der Waals surface area (Å²) in [6, 6.07) is 13.9. The third kappa shape index (κ3) is 4.82. The normalized spacial score (nSPS) is 19.5. The minimum absolute atomic E-state index is 0.0716. The first kappa shape index (κ1) is 23.9. The Balaban J connectivity index is 1.54. The summed E-state index contributed by atoms with van der Waals surface area (Å²) in [4.78, 5) is 42.6. The van der Waals surface area contributed by atoms with Crippen LogP contribution in [-0.4, -0.2) is 59.0 Å². The summed E-state index contributed by atoms with van der Waals surface area (Å²) in [6.07, 6.45) is 0.873. The molecule has 0 bridgehead atoms. The van der Waals surface area contributed by atoms with E-state index in [1.165, 1.54) is 12.1 Å². The van der Waals surface area contributed by atoms with Crippen molar-refractivity contribution in [2.24, 2.45) is 5.92 Å². The molecular weight excluding hydrogens is 437 g/mol. The molecule has 0 aliphatic carbocycles. The first-order valence-electron chi connectivity index (χ1n) is 11.6. The molecule has 2 aliphatic heterocycles. The number of amides is 3. The number of nitrogens with one attached hydrogen (secondary N) is 1. The zero-order valence-electron chi connectivity index (χ0n) is 19.5. The van der Waals surface area contributed by atoms with Gasteiger partial charge in [0.15, 0.2) is 0 Å². The maximum Gasteiger partial charge on any atom is 0.256 e. The van der Waals surface area contributed by atoms with Gasteiger partial charge in [-0.3, -0.25) is 19.3 Å². The van der Waals surface area contributed by atoms with Gasteiger partial charge in [-0.25, -0.2) is 4.39 Å². The smallest absolute Gasteiger partial charge is 0.256 e. The highest BCUT2D eigenvalue weighted by Gasteiger charge is 2.54. The molecule has 0 saturated carbocycles. The van der Waals surface area contributed by atoms with Crippen molar-refractivity contribution in [3.05, 3.63) is 71.5 Å².